The molecular formula is C12H14N2S. The lowest BCUT2D eigenvalue weighted by Gasteiger charge is -2.21. The van der Waals surface area contributed by atoms with Crippen LogP contribution in [0.3, 0.4) is 0 Å². The zero-order chi connectivity index (χ0) is 10.1. The van der Waals surface area contributed by atoms with Gasteiger partial charge in [0.1, 0.15) is 4.83 Å². The Labute approximate surface area is 93.3 Å². The van der Waals surface area contributed by atoms with Crippen LogP contribution in [0.15, 0.2) is 24.4 Å². The van der Waals surface area contributed by atoms with Gasteiger partial charge in [0.2, 0.25) is 0 Å². The van der Waals surface area contributed by atoms with E-state index in [0.717, 1.165) is 6.54 Å². The monoisotopic (exact) mass is 218 g/mol. The van der Waals surface area contributed by atoms with Gasteiger partial charge in [0.15, 0.2) is 0 Å². The molecule has 0 amide bonds. The molecule has 2 aromatic heterocycles. The van der Waals surface area contributed by atoms with E-state index in [1.54, 1.807) is 0 Å². The summed E-state index contributed by atoms with van der Waals surface area (Å²) in [4.78, 5) is 7.07. The number of fused-ring (bicyclic) bond motifs is 1. The minimum absolute atomic E-state index is 0.706. The third kappa shape index (κ3) is 1.77. The van der Waals surface area contributed by atoms with Crippen molar-refractivity contribution in [2.45, 2.75) is 18.8 Å². The maximum Gasteiger partial charge on any atom is 0.123 e. The quantitative estimate of drug-likeness (QED) is 0.796. The predicted octanol–water partition coefficient (Wildman–Crippen LogP) is 2.76. The molecule has 1 unspecified atom stereocenters. The zero-order valence-electron chi connectivity index (χ0n) is 8.57. The molecule has 0 saturated carbocycles. The van der Waals surface area contributed by atoms with Crippen LogP contribution in [0.1, 0.15) is 23.6 Å². The molecule has 0 bridgehead atoms. The van der Waals surface area contributed by atoms with Crippen molar-refractivity contribution in [3.05, 3.63) is 29.3 Å². The van der Waals surface area contributed by atoms with Crippen molar-refractivity contribution in [1.82, 2.24) is 10.3 Å². The molecule has 2 aromatic rings. The SMILES string of the molecule is c1cnc2sc(C3CCCNC3)cc2c1. The van der Waals surface area contributed by atoms with E-state index in [1.807, 2.05) is 23.6 Å². The fourth-order valence-electron chi connectivity index (χ4n) is 2.19. The van der Waals surface area contributed by atoms with Gasteiger partial charge in [-0.2, -0.15) is 0 Å². The number of piperidine rings is 1. The summed E-state index contributed by atoms with van der Waals surface area (Å²) < 4.78 is 0. The number of nitrogens with zero attached hydrogens (tertiary/aromatic N) is 1. The molecule has 1 aliphatic heterocycles. The highest BCUT2D eigenvalue weighted by molar-refractivity contribution is 7.18. The summed E-state index contributed by atoms with van der Waals surface area (Å²) in [5.74, 6) is 0.706. The van der Waals surface area contributed by atoms with Crippen molar-refractivity contribution in [2.24, 2.45) is 0 Å². The van der Waals surface area contributed by atoms with Gasteiger partial charge in [0, 0.05) is 28.9 Å². The highest BCUT2D eigenvalue weighted by Gasteiger charge is 2.17. The van der Waals surface area contributed by atoms with Crippen LogP contribution in [0.5, 0.6) is 0 Å². The largest absolute Gasteiger partial charge is 0.316 e. The topological polar surface area (TPSA) is 24.9 Å². The van der Waals surface area contributed by atoms with Crippen molar-refractivity contribution in [2.75, 3.05) is 13.1 Å². The Morgan fingerprint density at radius 2 is 2.47 bits per heavy atom. The summed E-state index contributed by atoms with van der Waals surface area (Å²) in [5.41, 5.74) is 0. The summed E-state index contributed by atoms with van der Waals surface area (Å²) in [7, 11) is 0. The van der Waals surface area contributed by atoms with Crippen LogP contribution in [0.2, 0.25) is 0 Å². The lowest BCUT2D eigenvalue weighted by Crippen LogP contribution is -2.27. The number of nitrogens with one attached hydrogen (secondary N) is 1. The number of hydrogen-bond acceptors (Lipinski definition) is 3. The summed E-state index contributed by atoms with van der Waals surface area (Å²) in [6.45, 7) is 2.31. The van der Waals surface area contributed by atoms with Crippen molar-refractivity contribution >= 4 is 21.6 Å². The van der Waals surface area contributed by atoms with E-state index in [9.17, 15) is 0 Å². The summed E-state index contributed by atoms with van der Waals surface area (Å²) >= 11 is 1.85. The van der Waals surface area contributed by atoms with E-state index in [4.69, 9.17) is 0 Å². The first kappa shape index (κ1) is 9.31. The molecule has 1 aliphatic rings. The lowest BCUT2D eigenvalue weighted by atomic mass is 9.98. The molecule has 0 radical (unpaired) electrons. The fourth-order valence-corrected chi connectivity index (χ4v) is 3.32. The van der Waals surface area contributed by atoms with Gasteiger partial charge in [-0.15, -0.1) is 11.3 Å². The highest BCUT2D eigenvalue weighted by atomic mass is 32.1. The van der Waals surface area contributed by atoms with Crippen molar-refractivity contribution in [1.29, 1.82) is 0 Å². The number of aromatic nitrogens is 1. The second-order valence-electron chi connectivity index (χ2n) is 4.09. The average molecular weight is 218 g/mol. The summed E-state index contributed by atoms with van der Waals surface area (Å²) in [6, 6.07) is 6.47. The van der Waals surface area contributed by atoms with Gasteiger partial charge in [-0.25, -0.2) is 4.98 Å². The van der Waals surface area contributed by atoms with Gasteiger partial charge < -0.3 is 5.32 Å². The normalized spacial score (nSPS) is 22.0. The molecular weight excluding hydrogens is 204 g/mol. The van der Waals surface area contributed by atoms with E-state index in [2.05, 4.69) is 22.4 Å². The maximum absolute atomic E-state index is 4.39. The maximum atomic E-state index is 4.39. The first-order valence-electron chi connectivity index (χ1n) is 5.49. The lowest BCUT2D eigenvalue weighted by molar-refractivity contribution is 0.466. The molecule has 3 heteroatoms. The predicted molar refractivity (Wildman–Crippen MR) is 64.5 cm³/mol. The van der Waals surface area contributed by atoms with Crippen LogP contribution < -0.4 is 5.32 Å². The van der Waals surface area contributed by atoms with Gasteiger partial charge in [0.05, 0.1) is 0 Å². The van der Waals surface area contributed by atoms with Crippen LogP contribution >= 0.6 is 11.3 Å². The van der Waals surface area contributed by atoms with Crippen LogP contribution in [-0.4, -0.2) is 18.1 Å². The molecule has 3 rings (SSSR count). The minimum atomic E-state index is 0.706. The van der Waals surface area contributed by atoms with E-state index >= 15 is 0 Å². The molecule has 1 saturated heterocycles. The molecule has 1 fully saturated rings. The summed E-state index contributed by atoms with van der Waals surface area (Å²) in [5, 5.41) is 4.76. The van der Waals surface area contributed by atoms with Crippen molar-refractivity contribution in [3.63, 3.8) is 0 Å². The smallest absolute Gasteiger partial charge is 0.123 e. The van der Waals surface area contributed by atoms with E-state index in [1.165, 1.54) is 34.5 Å². The Bertz CT molecular complexity index is 424. The first-order chi connectivity index (χ1) is 7.43. The van der Waals surface area contributed by atoms with Crippen molar-refractivity contribution < 1.29 is 0 Å². The van der Waals surface area contributed by atoms with Crippen LogP contribution in [0.25, 0.3) is 10.2 Å². The van der Waals surface area contributed by atoms with Gasteiger partial charge in [-0.3, -0.25) is 0 Å². The van der Waals surface area contributed by atoms with Crippen LogP contribution in [-0.2, 0) is 0 Å². The Hall–Kier alpha value is -0.930. The van der Waals surface area contributed by atoms with Crippen LogP contribution in [0, 0.1) is 0 Å². The second kappa shape index (κ2) is 3.91. The third-order valence-corrected chi connectivity index (χ3v) is 4.23. The molecule has 78 valence electrons. The Kier molecular flexibility index (Phi) is 2.43. The molecule has 0 aromatic carbocycles. The van der Waals surface area contributed by atoms with E-state index in [0.29, 0.717) is 5.92 Å². The van der Waals surface area contributed by atoms with Gasteiger partial charge >= 0.3 is 0 Å². The Morgan fingerprint density at radius 1 is 1.47 bits per heavy atom. The van der Waals surface area contributed by atoms with E-state index < -0.39 is 0 Å². The first-order valence-corrected chi connectivity index (χ1v) is 6.30. The second-order valence-corrected chi connectivity index (χ2v) is 5.15. The average Bonchev–Trinajstić information content (AvgIpc) is 2.74. The minimum Gasteiger partial charge on any atom is -0.316 e. The number of rotatable bonds is 1. The molecule has 15 heavy (non-hydrogen) atoms. The Balaban J connectivity index is 1.96. The van der Waals surface area contributed by atoms with Gasteiger partial charge in [-0.05, 0) is 31.5 Å². The molecule has 0 spiro atoms. The van der Waals surface area contributed by atoms with Gasteiger partial charge in [0.25, 0.3) is 0 Å². The van der Waals surface area contributed by atoms with Crippen LogP contribution in [0.4, 0.5) is 0 Å². The Morgan fingerprint density at radius 3 is 3.27 bits per heavy atom. The van der Waals surface area contributed by atoms with Gasteiger partial charge in [-0.1, -0.05) is 6.07 Å². The molecule has 1 N–H and O–H groups in total. The fraction of sp³-hybridized carbons (Fsp3) is 0.417. The number of hydrogen-bond donors (Lipinski definition) is 1. The zero-order valence-corrected chi connectivity index (χ0v) is 9.39. The molecule has 0 aliphatic carbocycles. The standard InChI is InChI=1S/C12H14N2S/c1-4-10(8-13-5-1)11-7-9-3-2-6-14-12(9)15-11/h2-3,6-7,10,13H,1,4-5,8H2. The van der Waals surface area contributed by atoms with E-state index in [-0.39, 0.29) is 0 Å². The molecule has 3 heterocycles. The highest BCUT2D eigenvalue weighted by Crippen LogP contribution is 2.32. The summed E-state index contributed by atoms with van der Waals surface area (Å²) in [6.07, 6.45) is 4.49. The molecule has 2 nitrogen and oxygen atoms in total. The third-order valence-electron chi connectivity index (χ3n) is 3.01. The number of pyridine rings is 1. The van der Waals surface area contributed by atoms with Crippen molar-refractivity contribution in [3.8, 4) is 0 Å². The number of thiophene rings is 1. The molecule has 1 atom stereocenters.